The van der Waals surface area contributed by atoms with E-state index in [1.807, 2.05) is 12.1 Å². The molecule has 92 valence electrons. The van der Waals surface area contributed by atoms with Gasteiger partial charge in [0.05, 0.1) is 13.2 Å². The number of ketones is 1. The van der Waals surface area contributed by atoms with Gasteiger partial charge in [0.15, 0.2) is 5.78 Å². The predicted octanol–water partition coefficient (Wildman–Crippen LogP) is 1.97. The van der Waals surface area contributed by atoms with E-state index in [2.05, 4.69) is 0 Å². The van der Waals surface area contributed by atoms with Crippen LogP contribution >= 0.6 is 0 Å². The van der Waals surface area contributed by atoms with Gasteiger partial charge < -0.3 is 9.47 Å². The Balaban J connectivity index is 2.77. The van der Waals surface area contributed by atoms with Crippen molar-refractivity contribution in [3.05, 3.63) is 35.4 Å². The summed E-state index contributed by atoms with van der Waals surface area (Å²) in [5.41, 5.74) is 1.30. The monoisotopic (exact) mass is 236 g/mol. The van der Waals surface area contributed by atoms with Crippen LogP contribution in [0.4, 0.5) is 0 Å². The molecule has 0 N–H and O–H groups in total. The Bertz CT molecular complexity index is 398. The van der Waals surface area contributed by atoms with E-state index in [9.17, 15) is 9.59 Å². The number of methoxy groups -OCH3 is 1. The number of carbonyl (C=O) groups is 2. The topological polar surface area (TPSA) is 52.6 Å². The molecule has 0 heterocycles. The van der Waals surface area contributed by atoms with Gasteiger partial charge in [-0.15, -0.1) is 0 Å². The molecule has 17 heavy (non-hydrogen) atoms. The van der Waals surface area contributed by atoms with E-state index >= 15 is 0 Å². The lowest BCUT2D eigenvalue weighted by atomic mass is 10.0. The Morgan fingerprint density at radius 3 is 2.59 bits per heavy atom. The molecule has 0 amide bonds. The zero-order valence-electron chi connectivity index (χ0n) is 10.1. The fourth-order valence-electron chi connectivity index (χ4n) is 1.51. The third-order valence-corrected chi connectivity index (χ3v) is 2.23. The minimum atomic E-state index is -0.496. The molecule has 0 unspecified atom stereocenters. The van der Waals surface area contributed by atoms with Gasteiger partial charge in [-0.05, 0) is 12.5 Å². The highest BCUT2D eigenvalue weighted by molar-refractivity contribution is 6.06. The normalized spacial score (nSPS) is 10.0. The smallest absolute Gasteiger partial charge is 0.313 e. The van der Waals surface area contributed by atoms with Crippen molar-refractivity contribution >= 4 is 11.8 Å². The largest absolute Gasteiger partial charge is 0.466 e. The maximum absolute atomic E-state index is 11.9. The van der Waals surface area contributed by atoms with Crippen molar-refractivity contribution in [2.75, 3.05) is 13.7 Å². The van der Waals surface area contributed by atoms with E-state index in [0.29, 0.717) is 12.2 Å². The van der Waals surface area contributed by atoms with Crippen molar-refractivity contribution in [1.82, 2.24) is 0 Å². The van der Waals surface area contributed by atoms with Gasteiger partial charge in [0.1, 0.15) is 6.42 Å². The molecule has 1 aromatic carbocycles. The number of hydrogen-bond donors (Lipinski definition) is 0. The molecule has 0 aromatic heterocycles. The van der Waals surface area contributed by atoms with Crippen LogP contribution < -0.4 is 0 Å². The number of rotatable bonds is 6. The van der Waals surface area contributed by atoms with E-state index in [0.717, 1.165) is 5.56 Å². The number of hydrogen-bond acceptors (Lipinski definition) is 4. The van der Waals surface area contributed by atoms with Crippen LogP contribution in [0.25, 0.3) is 0 Å². The fraction of sp³-hybridized carbons (Fsp3) is 0.385. The minimum Gasteiger partial charge on any atom is -0.466 e. The zero-order valence-corrected chi connectivity index (χ0v) is 10.1. The van der Waals surface area contributed by atoms with Crippen molar-refractivity contribution < 1.29 is 19.1 Å². The Morgan fingerprint density at radius 1 is 1.24 bits per heavy atom. The van der Waals surface area contributed by atoms with Crippen molar-refractivity contribution in [3.8, 4) is 0 Å². The zero-order chi connectivity index (χ0) is 12.7. The van der Waals surface area contributed by atoms with Gasteiger partial charge in [0.2, 0.25) is 0 Å². The van der Waals surface area contributed by atoms with Crippen molar-refractivity contribution in [2.24, 2.45) is 0 Å². The van der Waals surface area contributed by atoms with Crippen molar-refractivity contribution in [3.63, 3.8) is 0 Å². The molecule has 4 nitrogen and oxygen atoms in total. The third-order valence-electron chi connectivity index (χ3n) is 2.23. The SMILES string of the molecule is CCOC(=O)CC(=O)c1ccccc1COC. The molecule has 0 aliphatic rings. The van der Waals surface area contributed by atoms with E-state index in [1.54, 1.807) is 26.2 Å². The van der Waals surface area contributed by atoms with Crippen LogP contribution in [-0.4, -0.2) is 25.5 Å². The van der Waals surface area contributed by atoms with Gasteiger partial charge in [-0.25, -0.2) is 0 Å². The van der Waals surface area contributed by atoms with Crippen LogP contribution in [0.3, 0.4) is 0 Å². The van der Waals surface area contributed by atoms with Crippen LogP contribution in [0.15, 0.2) is 24.3 Å². The average molecular weight is 236 g/mol. The maximum atomic E-state index is 11.9. The highest BCUT2D eigenvalue weighted by Gasteiger charge is 2.15. The first-order chi connectivity index (χ1) is 8.19. The molecule has 0 bridgehead atoms. The molecule has 0 spiro atoms. The van der Waals surface area contributed by atoms with Gasteiger partial charge in [-0.2, -0.15) is 0 Å². The molecule has 0 saturated carbocycles. The van der Waals surface area contributed by atoms with Crippen molar-refractivity contribution in [1.29, 1.82) is 0 Å². The lowest BCUT2D eigenvalue weighted by Crippen LogP contribution is -2.13. The average Bonchev–Trinajstić information content (AvgIpc) is 2.30. The summed E-state index contributed by atoms with van der Waals surface area (Å²) in [6.07, 6.45) is -0.228. The molecule has 0 saturated heterocycles. The number of ether oxygens (including phenoxy) is 2. The second kappa shape index (κ2) is 6.81. The summed E-state index contributed by atoms with van der Waals surface area (Å²) in [5.74, 6) is -0.735. The molecule has 1 rings (SSSR count). The Hall–Kier alpha value is -1.68. The standard InChI is InChI=1S/C13H16O4/c1-3-17-13(15)8-12(14)11-7-5-4-6-10(11)9-16-2/h4-7H,3,8-9H2,1-2H3. The van der Waals surface area contributed by atoms with E-state index in [4.69, 9.17) is 9.47 Å². The Morgan fingerprint density at radius 2 is 1.94 bits per heavy atom. The van der Waals surface area contributed by atoms with Crippen LogP contribution in [0.1, 0.15) is 29.3 Å². The summed E-state index contributed by atoms with van der Waals surface area (Å²) in [4.78, 5) is 23.1. The van der Waals surface area contributed by atoms with Crippen molar-refractivity contribution in [2.45, 2.75) is 20.0 Å². The lowest BCUT2D eigenvalue weighted by Gasteiger charge is -2.07. The number of benzene rings is 1. The van der Waals surface area contributed by atoms with Crippen LogP contribution in [0, 0.1) is 0 Å². The summed E-state index contributed by atoms with van der Waals surface area (Å²) in [6, 6.07) is 7.09. The Kier molecular flexibility index (Phi) is 5.36. The molecule has 4 heteroatoms. The second-order valence-corrected chi connectivity index (χ2v) is 3.50. The van der Waals surface area contributed by atoms with Crippen LogP contribution in [0.5, 0.6) is 0 Å². The lowest BCUT2D eigenvalue weighted by molar-refractivity contribution is -0.141. The quantitative estimate of drug-likeness (QED) is 0.430. The van der Waals surface area contributed by atoms with Gasteiger partial charge in [-0.1, -0.05) is 24.3 Å². The first-order valence-corrected chi connectivity index (χ1v) is 5.44. The summed E-state index contributed by atoms with van der Waals surface area (Å²) in [6.45, 7) is 2.35. The van der Waals surface area contributed by atoms with Gasteiger partial charge in [0, 0.05) is 12.7 Å². The van der Waals surface area contributed by atoms with Gasteiger partial charge >= 0.3 is 5.97 Å². The molecule has 0 aliphatic heterocycles. The number of carbonyl (C=O) groups excluding carboxylic acids is 2. The first-order valence-electron chi connectivity index (χ1n) is 5.44. The summed E-state index contributed by atoms with van der Waals surface area (Å²) >= 11 is 0. The van der Waals surface area contributed by atoms with Gasteiger partial charge in [-0.3, -0.25) is 9.59 Å². The molecule has 0 aliphatic carbocycles. The van der Waals surface area contributed by atoms with Crippen LogP contribution in [-0.2, 0) is 20.9 Å². The predicted molar refractivity (Wildman–Crippen MR) is 62.7 cm³/mol. The van der Waals surface area contributed by atoms with E-state index in [-0.39, 0.29) is 18.8 Å². The fourth-order valence-corrected chi connectivity index (χ4v) is 1.51. The Labute approximate surface area is 101 Å². The first kappa shape index (κ1) is 13.4. The molecular weight excluding hydrogens is 220 g/mol. The highest BCUT2D eigenvalue weighted by atomic mass is 16.5. The molecule has 1 aromatic rings. The summed E-state index contributed by atoms with van der Waals surface area (Å²) < 4.78 is 9.75. The number of Topliss-reactive ketones (excluding diaryl/α,β-unsaturated/α-hetero) is 1. The van der Waals surface area contributed by atoms with Crippen LogP contribution in [0.2, 0.25) is 0 Å². The van der Waals surface area contributed by atoms with E-state index in [1.165, 1.54) is 0 Å². The molecular formula is C13H16O4. The highest BCUT2D eigenvalue weighted by Crippen LogP contribution is 2.12. The minimum absolute atomic E-state index is 0.228. The molecule has 0 radical (unpaired) electrons. The van der Waals surface area contributed by atoms with E-state index < -0.39 is 5.97 Å². The van der Waals surface area contributed by atoms with Gasteiger partial charge in [0.25, 0.3) is 0 Å². The molecule has 0 fully saturated rings. The number of esters is 1. The second-order valence-electron chi connectivity index (χ2n) is 3.50. The summed E-state index contributed by atoms with van der Waals surface area (Å²) in [5, 5.41) is 0. The summed E-state index contributed by atoms with van der Waals surface area (Å²) in [7, 11) is 1.56. The maximum Gasteiger partial charge on any atom is 0.313 e. The third kappa shape index (κ3) is 4.00. The molecule has 0 atom stereocenters.